The number of rotatable bonds is 4. The van der Waals surface area contributed by atoms with Crippen molar-refractivity contribution in [2.24, 2.45) is 0 Å². The molecule has 20 heavy (non-hydrogen) atoms. The van der Waals surface area contributed by atoms with Crippen LogP contribution in [-0.2, 0) is 18.0 Å². The maximum atomic E-state index is 5.87. The summed E-state index contributed by atoms with van der Waals surface area (Å²) in [6.07, 6.45) is 0. The van der Waals surface area contributed by atoms with E-state index in [0.29, 0.717) is 23.9 Å². The summed E-state index contributed by atoms with van der Waals surface area (Å²) in [4.78, 5) is 0. The van der Waals surface area contributed by atoms with Gasteiger partial charge in [0, 0.05) is 0 Å². The van der Waals surface area contributed by atoms with Crippen molar-refractivity contribution < 1.29 is 14.2 Å². The zero-order valence-corrected chi connectivity index (χ0v) is 11.5. The Kier molecular flexibility index (Phi) is 3.67. The van der Waals surface area contributed by atoms with Crippen LogP contribution in [0.4, 0.5) is 5.69 Å². The lowest BCUT2D eigenvalue weighted by Crippen LogP contribution is -1.96. The Morgan fingerprint density at radius 1 is 1.00 bits per heavy atom. The molecule has 0 fully saturated rings. The van der Waals surface area contributed by atoms with Crippen LogP contribution in [0.5, 0.6) is 11.5 Å². The molecule has 0 amide bonds. The third kappa shape index (κ3) is 2.81. The molecule has 5 heteroatoms. The van der Waals surface area contributed by atoms with Gasteiger partial charge in [0.2, 0.25) is 6.79 Å². The van der Waals surface area contributed by atoms with Crippen molar-refractivity contribution in [1.29, 1.82) is 0 Å². The van der Waals surface area contributed by atoms with Crippen LogP contribution >= 0.6 is 11.6 Å². The number of fused-ring (bicyclic) bond motifs is 1. The van der Waals surface area contributed by atoms with Gasteiger partial charge in [0.1, 0.15) is 0 Å². The largest absolute Gasteiger partial charge is 0.454 e. The summed E-state index contributed by atoms with van der Waals surface area (Å²) >= 11 is 5.87. The van der Waals surface area contributed by atoms with Gasteiger partial charge in [-0.05, 0) is 35.4 Å². The molecule has 0 aromatic heterocycles. The highest BCUT2D eigenvalue weighted by molar-refractivity contribution is 6.33. The first-order chi connectivity index (χ1) is 9.72. The molecule has 4 nitrogen and oxygen atoms in total. The molecule has 1 aliphatic heterocycles. The third-order valence-corrected chi connectivity index (χ3v) is 3.38. The summed E-state index contributed by atoms with van der Waals surface area (Å²) in [7, 11) is 0. The first-order valence-corrected chi connectivity index (χ1v) is 6.60. The first kappa shape index (κ1) is 13.1. The second kappa shape index (κ2) is 5.61. The Morgan fingerprint density at radius 3 is 2.50 bits per heavy atom. The van der Waals surface area contributed by atoms with E-state index in [2.05, 4.69) is 0 Å². The van der Waals surface area contributed by atoms with Crippen molar-refractivity contribution in [1.82, 2.24) is 0 Å². The average molecular weight is 292 g/mol. The first-order valence-electron chi connectivity index (χ1n) is 6.22. The molecule has 2 N–H and O–H groups in total. The minimum absolute atomic E-state index is 0.281. The quantitative estimate of drug-likeness (QED) is 0.878. The van der Waals surface area contributed by atoms with E-state index < -0.39 is 0 Å². The van der Waals surface area contributed by atoms with Gasteiger partial charge in [-0.2, -0.15) is 0 Å². The maximum Gasteiger partial charge on any atom is 0.231 e. The van der Waals surface area contributed by atoms with E-state index in [1.165, 1.54) is 0 Å². The van der Waals surface area contributed by atoms with E-state index in [1.807, 2.05) is 30.3 Å². The third-order valence-electron chi connectivity index (χ3n) is 3.03. The Bertz CT molecular complexity index is 631. The van der Waals surface area contributed by atoms with Crippen LogP contribution in [-0.4, -0.2) is 6.79 Å². The Balaban J connectivity index is 1.58. The minimum Gasteiger partial charge on any atom is -0.454 e. The zero-order valence-electron chi connectivity index (χ0n) is 10.8. The predicted octanol–water partition coefficient (Wildman–Crippen LogP) is 3.37. The van der Waals surface area contributed by atoms with Crippen molar-refractivity contribution in [3.05, 3.63) is 52.5 Å². The van der Waals surface area contributed by atoms with Crippen LogP contribution in [0, 0.1) is 0 Å². The van der Waals surface area contributed by atoms with E-state index in [4.69, 9.17) is 31.5 Å². The van der Waals surface area contributed by atoms with Gasteiger partial charge in [-0.15, -0.1) is 0 Å². The van der Waals surface area contributed by atoms with Gasteiger partial charge in [-0.1, -0.05) is 23.7 Å². The highest BCUT2D eigenvalue weighted by Crippen LogP contribution is 2.32. The second-order valence-electron chi connectivity index (χ2n) is 4.54. The number of ether oxygens (including phenoxy) is 3. The van der Waals surface area contributed by atoms with Gasteiger partial charge in [-0.25, -0.2) is 0 Å². The van der Waals surface area contributed by atoms with Crippen molar-refractivity contribution in [2.45, 2.75) is 13.2 Å². The smallest absolute Gasteiger partial charge is 0.231 e. The van der Waals surface area contributed by atoms with E-state index >= 15 is 0 Å². The number of nitrogen functional groups attached to an aromatic ring is 1. The highest BCUT2D eigenvalue weighted by Gasteiger charge is 2.13. The van der Waals surface area contributed by atoms with Gasteiger partial charge < -0.3 is 19.9 Å². The molecular weight excluding hydrogens is 278 g/mol. The molecule has 0 saturated carbocycles. The molecule has 1 aliphatic rings. The SMILES string of the molecule is Nc1cc(COCc2ccc3c(c2)OCO3)ccc1Cl. The Morgan fingerprint density at radius 2 is 1.70 bits per heavy atom. The monoisotopic (exact) mass is 291 g/mol. The fraction of sp³-hybridized carbons (Fsp3) is 0.200. The van der Waals surface area contributed by atoms with Crippen molar-refractivity contribution >= 4 is 17.3 Å². The zero-order chi connectivity index (χ0) is 13.9. The summed E-state index contributed by atoms with van der Waals surface area (Å²) in [6, 6.07) is 11.3. The van der Waals surface area contributed by atoms with E-state index in [9.17, 15) is 0 Å². The molecule has 3 rings (SSSR count). The lowest BCUT2D eigenvalue weighted by Gasteiger charge is -2.07. The molecular formula is C15H14ClNO3. The van der Waals surface area contributed by atoms with Crippen LogP contribution in [0.2, 0.25) is 5.02 Å². The van der Waals surface area contributed by atoms with Crippen molar-refractivity contribution in [2.75, 3.05) is 12.5 Å². The maximum absolute atomic E-state index is 5.87. The second-order valence-corrected chi connectivity index (χ2v) is 4.94. The van der Waals surface area contributed by atoms with Crippen molar-refractivity contribution in [3.8, 4) is 11.5 Å². The fourth-order valence-electron chi connectivity index (χ4n) is 2.00. The predicted molar refractivity (Wildman–Crippen MR) is 76.9 cm³/mol. The number of hydrogen-bond acceptors (Lipinski definition) is 4. The normalized spacial score (nSPS) is 12.7. The molecule has 0 saturated heterocycles. The van der Waals surface area contributed by atoms with Gasteiger partial charge in [0.05, 0.1) is 23.9 Å². The highest BCUT2D eigenvalue weighted by atomic mass is 35.5. The number of benzene rings is 2. The van der Waals surface area contributed by atoms with Gasteiger partial charge >= 0.3 is 0 Å². The number of anilines is 1. The van der Waals surface area contributed by atoms with Crippen LogP contribution in [0.1, 0.15) is 11.1 Å². The lowest BCUT2D eigenvalue weighted by atomic mass is 10.2. The molecule has 2 aromatic carbocycles. The summed E-state index contributed by atoms with van der Waals surface area (Å²) in [6.45, 7) is 1.26. The summed E-state index contributed by atoms with van der Waals surface area (Å²) in [5.41, 5.74) is 8.34. The van der Waals surface area contributed by atoms with E-state index in [-0.39, 0.29) is 6.79 Å². The topological polar surface area (TPSA) is 53.7 Å². The average Bonchev–Trinajstić information content (AvgIpc) is 2.90. The van der Waals surface area contributed by atoms with Gasteiger partial charge in [0.25, 0.3) is 0 Å². The van der Waals surface area contributed by atoms with Gasteiger partial charge in [0.15, 0.2) is 11.5 Å². The Labute approximate surface area is 122 Å². The number of nitrogens with two attached hydrogens (primary N) is 1. The molecule has 0 radical (unpaired) electrons. The molecule has 0 aliphatic carbocycles. The molecule has 0 unspecified atom stereocenters. The Hall–Kier alpha value is -1.91. The fourth-order valence-corrected chi connectivity index (χ4v) is 2.12. The van der Waals surface area contributed by atoms with E-state index in [0.717, 1.165) is 22.6 Å². The molecule has 2 aromatic rings. The lowest BCUT2D eigenvalue weighted by molar-refractivity contribution is 0.107. The molecule has 0 atom stereocenters. The van der Waals surface area contributed by atoms with Crippen LogP contribution in [0.3, 0.4) is 0 Å². The number of halogens is 1. The molecule has 1 heterocycles. The van der Waals surface area contributed by atoms with Crippen LogP contribution in [0.25, 0.3) is 0 Å². The van der Waals surface area contributed by atoms with Crippen molar-refractivity contribution in [3.63, 3.8) is 0 Å². The van der Waals surface area contributed by atoms with Crippen LogP contribution < -0.4 is 15.2 Å². The standard InChI is InChI=1S/C15H14ClNO3/c16-12-3-1-10(5-13(12)17)7-18-8-11-2-4-14-15(6-11)20-9-19-14/h1-6H,7-9,17H2. The number of hydrogen-bond donors (Lipinski definition) is 1. The summed E-state index contributed by atoms with van der Waals surface area (Å²) in [5, 5.41) is 0.560. The molecule has 0 spiro atoms. The molecule has 0 bridgehead atoms. The van der Waals surface area contributed by atoms with E-state index in [1.54, 1.807) is 6.07 Å². The molecule has 104 valence electrons. The van der Waals surface area contributed by atoms with Crippen LogP contribution in [0.15, 0.2) is 36.4 Å². The van der Waals surface area contributed by atoms with Gasteiger partial charge in [-0.3, -0.25) is 0 Å². The minimum atomic E-state index is 0.281. The summed E-state index contributed by atoms with van der Waals surface area (Å²) in [5.74, 6) is 1.54. The summed E-state index contributed by atoms with van der Waals surface area (Å²) < 4.78 is 16.3.